The number of likely N-dealkylation sites (N-methyl/N-ethyl adjacent to an activating group) is 1. The molecule has 1 saturated heterocycles. The molecule has 0 radical (unpaired) electrons. The quantitative estimate of drug-likeness (QED) is 0.722. The lowest BCUT2D eigenvalue weighted by molar-refractivity contribution is -0.139. The molecule has 2 aromatic rings. The molecular weight excluding hydrogens is 435 g/mol. The minimum absolute atomic E-state index is 0.102. The van der Waals surface area contributed by atoms with E-state index >= 15 is 0 Å². The van der Waals surface area contributed by atoms with E-state index in [1.54, 1.807) is 0 Å². The van der Waals surface area contributed by atoms with Gasteiger partial charge in [-0.2, -0.15) is 17.5 Å². The van der Waals surface area contributed by atoms with Crippen LogP contribution in [-0.2, 0) is 21.0 Å². The molecule has 0 saturated carbocycles. The van der Waals surface area contributed by atoms with Crippen LogP contribution in [-0.4, -0.2) is 63.4 Å². The summed E-state index contributed by atoms with van der Waals surface area (Å²) in [5.41, 5.74) is -0.670. The number of benzene rings is 2. The van der Waals surface area contributed by atoms with Crippen LogP contribution in [0.15, 0.2) is 53.4 Å². The minimum Gasteiger partial charge on any atom is -0.483 e. The lowest BCUT2D eigenvalue weighted by Crippen LogP contribution is -2.46. The highest BCUT2D eigenvalue weighted by molar-refractivity contribution is 7.89. The van der Waals surface area contributed by atoms with Gasteiger partial charge in [0.2, 0.25) is 10.0 Å². The number of amides is 1. The normalized spacial score (nSPS) is 16.1. The number of hydrogen-bond acceptors (Lipinski definition) is 5. The number of para-hydroxylation sites is 1. The summed E-state index contributed by atoms with van der Waals surface area (Å²) in [4.78, 5) is 14.2. The van der Waals surface area contributed by atoms with E-state index in [0.29, 0.717) is 31.9 Å². The molecular formula is C20H22F3N3O4S. The van der Waals surface area contributed by atoms with E-state index in [9.17, 15) is 26.4 Å². The number of anilines is 1. The van der Waals surface area contributed by atoms with Gasteiger partial charge in [-0.15, -0.1) is 0 Å². The van der Waals surface area contributed by atoms with Crippen molar-refractivity contribution in [3.8, 4) is 5.75 Å². The predicted molar refractivity (Wildman–Crippen MR) is 108 cm³/mol. The number of sulfonamides is 1. The van der Waals surface area contributed by atoms with Crippen molar-refractivity contribution >= 4 is 21.6 Å². The zero-order valence-corrected chi connectivity index (χ0v) is 17.5. The molecule has 0 spiro atoms. The summed E-state index contributed by atoms with van der Waals surface area (Å²) in [5.74, 6) is -1.12. The molecule has 168 valence electrons. The Kier molecular flexibility index (Phi) is 6.87. The molecule has 31 heavy (non-hydrogen) atoms. The molecule has 0 unspecified atom stereocenters. The van der Waals surface area contributed by atoms with Crippen molar-refractivity contribution in [2.75, 3.05) is 45.2 Å². The third-order valence-corrected chi connectivity index (χ3v) is 6.70. The summed E-state index contributed by atoms with van der Waals surface area (Å²) in [5, 5.41) is 2.47. The first-order chi connectivity index (χ1) is 14.6. The summed E-state index contributed by atoms with van der Waals surface area (Å²) >= 11 is 0. The summed E-state index contributed by atoms with van der Waals surface area (Å²) in [7, 11) is -1.71. The molecule has 1 heterocycles. The maximum atomic E-state index is 13.0. The number of rotatable bonds is 6. The number of nitrogens with one attached hydrogen (secondary N) is 1. The molecule has 7 nitrogen and oxygen atoms in total. The van der Waals surface area contributed by atoms with Crippen LogP contribution < -0.4 is 10.1 Å². The van der Waals surface area contributed by atoms with E-state index in [2.05, 4.69) is 5.32 Å². The standard InChI is InChI=1S/C20H22F3N3O4S/c1-25-10-12-26(13-11-25)31(28,29)16-8-6-15(7-9-16)24-19(27)14-30-18-5-3-2-4-17(18)20(21,22)23/h2-9H,10-14H2,1H3,(H,24,27). The van der Waals surface area contributed by atoms with Gasteiger partial charge in [0.05, 0.1) is 10.5 Å². The summed E-state index contributed by atoms with van der Waals surface area (Å²) in [6, 6.07) is 10.2. The Hall–Kier alpha value is -2.63. The molecule has 3 rings (SSSR count). The SMILES string of the molecule is CN1CCN(S(=O)(=O)c2ccc(NC(=O)COc3ccccc3C(F)(F)F)cc2)CC1. The number of ether oxygens (including phenoxy) is 1. The largest absolute Gasteiger partial charge is 0.483 e. The lowest BCUT2D eigenvalue weighted by atomic mass is 10.2. The Morgan fingerprint density at radius 3 is 2.26 bits per heavy atom. The zero-order chi connectivity index (χ0) is 22.6. The molecule has 2 aromatic carbocycles. The molecule has 11 heteroatoms. The smallest absolute Gasteiger partial charge is 0.419 e. The van der Waals surface area contributed by atoms with Gasteiger partial charge < -0.3 is 15.0 Å². The van der Waals surface area contributed by atoms with Gasteiger partial charge in [-0.1, -0.05) is 12.1 Å². The maximum Gasteiger partial charge on any atom is 0.419 e. The van der Waals surface area contributed by atoms with Crippen LogP contribution >= 0.6 is 0 Å². The molecule has 0 bridgehead atoms. The molecule has 1 amide bonds. The Labute approximate surface area is 178 Å². The van der Waals surface area contributed by atoms with Gasteiger partial charge in [-0.05, 0) is 43.4 Å². The number of piperazine rings is 1. The van der Waals surface area contributed by atoms with Gasteiger partial charge in [0, 0.05) is 31.9 Å². The molecule has 1 aliphatic heterocycles. The second-order valence-corrected chi connectivity index (χ2v) is 9.00. The van der Waals surface area contributed by atoms with E-state index in [1.165, 1.54) is 40.7 Å². The molecule has 0 atom stereocenters. The van der Waals surface area contributed by atoms with E-state index in [4.69, 9.17) is 4.74 Å². The third-order valence-electron chi connectivity index (χ3n) is 4.79. The van der Waals surface area contributed by atoms with Crippen LogP contribution in [0.4, 0.5) is 18.9 Å². The van der Waals surface area contributed by atoms with E-state index in [1.807, 2.05) is 11.9 Å². The molecule has 1 aliphatic rings. The van der Waals surface area contributed by atoms with Crippen molar-refractivity contribution in [1.29, 1.82) is 0 Å². The van der Waals surface area contributed by atoms with E-state index in [0.717, 1.165) is 12.1 Å². The zero-order valence-electron chi connectivity index (χ0n) is 16.7. The van der Waals surface area contributed by atoms with Crippen molar-refractivity contribution in [2.45, 2.75) is 11.1 Å². The molecule has 1 fully saturated rings. The first-order valence-electron chi connectivity index (χ1n) is 9.45. The Bertz CT molecular complexity index is 1020. The Morgan fingerprint density at radius 1 is 1.03 bits per heavy atom. The highest BCUT2D eigenvalue weighted by Crippen LogP contribution is 2.35. The van der Waals surface area contributed by atoms with Crippen molar-refractivity contribution in [3.05, 3.63) is 54.1 Å². The fraction of sp³-hybridized carbons (Fsp3) is 0.350. The Balaban J connectivity index is 1.60. The van der Waals surface area contributed by atoms with Crippen molar-refractivity contribution in [3.63, 3.8) is 0 Å². The van der Waals surface area contributed by atoms with Gasteiger partial charge in [-0.25, -0.2) is 8.42 Å². The number of alkyl halides is 3. The van der Waals surface area contributed by atoms with Crippen molar-refractivity contribution in [2.24, 2.45) is 0 Å². The number of hydrogen-bond donors (Lipinski definition) is 1. The third kappa shape index (κ3) is 5.75. The molecule has 0 aromatic heterocycles. The van der Waals surface area contributed by atoms with Crippen LogP contribution in [0.1, 0.15) is 5.56 Å². The number of halogens is 3. The van der Waals surface area contributed by atoms with Crippen LogP contribution in [0.3, 0.4) is 0 Å². The predicted octanol–water partition coefficient (Wildman–Crippen LogP) is 2.66. The summed E-state index contributed by atoms with van der Waals surface area (Å²) in [6.07, 6.45) is -4.60. The number of carbonyl (C=O) groups is 1. The topological polar surface area (TPSA) is 79.0 Å². The second kappa shape index (κ2) is 9.25. The molecule has 1 N–H and O–H groups in total. The number of carbonyl (C=O) groups excluding carboxylic acids is 1. The number of nitrogens with zero attached hydrogens (tertiary/aromatic N) is 2. The van der Waals surface area contributed by atoms with Crippen LogP contribution in [0.2, 0.25) is 0 Å². The highest BCUT2D eigenvalue weighted by Gasteiger charge is 2.34. The van der Waals surface area contributed by atoms with Gasteiger partial charge in [-0.3, -0.25) is 4.79 Å². The van der Waals surface area contributed by atoms with E-state index < -0.39 is 40.0 Å². The van der Waals surface area contributed by atoms with E-state index in [-0.39, 0.29) is 4.90 Å². The van der Waals surface area contributed by atoms with Crippen LogP contribution in [0.25, 0.3) is 0 Å². The maximum absolute atomic E-state index is 13.0. The highest BCUT2D eigenvalue weighted by atomic mass is 32.2. The van der Waals surface area contributed by atoms with Gasteiger partial charge in [0.15, 0.2) is 6.61 Å². The minimum atomic E-state index is -4.60. The second-order valence-electron chi connectivity index (χ2n) is 7.06. The van der Waals surface area contributed by atoms with Gasteiger partial charge in [0.25, 0.3) is 5.91 Å². The van der Waals surface area contributed by atoms with Crippen molar-refractivity contribution < 1.29 is 31.1 Å². The van der Waals surface area contributed by atoms with Gasteiger partial charge in [0.1, 0.15) is 5.75 Å². The fourth-order valence-corrected chi connectivity index (χ4v) is 4.48. The Morgan fingerprint density at radius 2 is 1.65 bits per heavy atom. The first-order valence-corrected chi connectivity index (χ1v) is 10.9. The lowest BCUT2D eigenvalue weighted by Gasteiger charge is -2.31. The summed E-state index contributed by atoms with van der Waals surface area (Å²) in [6.45, 7) is 1.45. The first kappa shape index (κ1) is 23.0. The van der Waals surface area contributed by atoms with Crippen LogP contribution in [0, 0.1) is 0 Å². The molecule has 0 aliphatic carbocycles. The van der Waals surface area contributed by atoms with Gasteiger partial charge >= 0.3 is 6.18 Å². The average Bonchev–Trinajstić information content (AvgIpc) is 2.72. The van der Waals surface area contributed by atoms with Crippen molar-refractivity contribution in [1.82, 2.24) is 9.21 Å². The monoisotopic (exact) mass is 457 g/mol. The summed E-state index contributed by atoms with van der Waals surface area (Å²) < 4.78 is 70.8. The fourth-order valence-electron chi connectivity index (χ4n) is 3.05. The average molecular weight is 457 g/mol. The van der Waals surface area contributed by atoms with Crippen LogP contribution in [0.5, 0.6) is 5.75 Å².